The summed E-state index contributed by atoms with van der Waals surface area (Å²) in [6.07, 6.45) is 2.24. The van der Waals surface area contributed by atoms with Gasteiger partial charge >= 0.3 is 5.97 Å². The first-order valence-corrected chi connectivity index (χ1v) is 8.76. The molecule has 1 N–H and O–H groups in total. The van der Waals surface area contributed by atoms with Gasteiger partial charge in [-0.2, -0.15) is 0 Å². The Hall–Kier alpha value is -1.40. The predicted octanol–water partition coefficient (Wildman–Crippen LogP) is 3.65. The van der Waals surface area contributed by atoms with E-state index < -0.39 is 0 Å². The molecule has 1 aromatic rings. The monoisotopic (exact) mass is 381 g/mol. The second-order valence-corrected chi connectivity index (χ2v) is 7.28. The van der Waals surface area contributed by atoms with Crippen LogP contribution in [0, 0.1) is 0 Å². The number of rotatable bonds is 2. The van der Waals surface area contributed by atoms with Gasteiger partial charge in [0.05, 0.1) is 18.6 Å². The molecular formula is C16H16BrNO3S. The van der Waals surface area contributed by atoms with E-state index in [2.05, 4.69) is 21.2 Å². The number of allylic oxidation sites excluding steroid dienone is 3. The first-order chi connectivity index (χ1) is 10.5. The number of dihydropyridines is 1. The third-order valence-electron chi connectivity index (χ3n) is 4.05. The van der Waals surface area contributed by atoms with Crippen molar-refractivity contribution in [3.8, 4) is 0 Å². The van der Waals surface area contributed by atoms with E-state index in [1.807, 2.05) is 18.4 Å². The molecule has 0 saturated carbocycles. The van der Waals surface area contributed by atoms with Gasteiger partial charge in [0.2, 0.25) is 0 Å². The molecule has 0 saturated heterocycles. The lowest BCUT2D eigenvalue weighted by atomic mass is 9.78. The summed E-state index contributed by atoms with van der Waals surface area (Å²) in [5, 5.41) is 5.22. The van der Waals surface area contributed by atoms with Crippen LogP contribution in [-0.4, -0.2) is 18.9 Å². The van der Waals surface area contributed by atoms with E-state index in [0.717, 1.165) is 39.2 Å². The van der Waals surface area contributed by atoms with E-state index in [-0.39, 0.29) is 17.7 Å². The molecule has 0 radical (unpaired) electrons. The normalized spacial score (nSPS) is 21.6. The molecule has 1 unspecified atom stereocenters. The van der Waals surface area contributed by atoms with Crippen molar-refractivity contribution >= 4 is 39.0 Å². The van der Waals surface area contributed by atoms with Gasteiger partial charge in [-0.15, -0.1) is 11.3 Å². The number of nitrogens with one attached hydrogen (secondary N) is 1. The Labute approximate surface area is 141 Å². The van der Waals surface area contributed by atoms with E-state index in [1.165, 1.54) is 7.11 Å². The Kier molecular flexibility index (Phi) is 4.23. The van der Waals surface area contributed by atoms with Gasteiger partial charge in [-0.25, -0.2) is 4.79 Å². The number of hydrogen-bond donors (Lipinski definition) is 1. The molecule has 0 fully saturated rings. The van der Waals surface area contributed by atoms with Gasteiger partial charge in [-0.1, -0.05) is 0 Å². The van der Waals surface area contributed by atoms with Crippen molar-refractivity contribution in [1.29, 1.82) is 0 Å². The van der Waals surface area contributed by atoms with E-state index in [1.54, 1.807) is 11.3 Å². The molecular weight excluding hydrogens is 366 g/mol. The molecule has 2 aliphatic rings. The van der Waals surface area contributed by atoms with Crippen molar-refractivity contribution in [2.24, 2.45) is 0 Å². The number of Topliss-reactive ketones (excluding diaryl/α,β-unsaturated/α-hetero) is 1. The smallest absolute Gasteiger partial charge is 0.336 e. The maximum Gasteiger partial charge on any atom is 0.336 e. The zero-order valence-corrected chi connectivity index (χ0v) is 14.8. The average molecular weight is 382 g/mol. The molecule has 22 heavy (non-hydrogen) atoms. The first-order valence-electron chi connectivity index (χ1n) is 7.09. The first kappa shape index (κ1) is 15.5. The van der Waals surface area contributed by atoms with Crippen LogP contribution in [0.25, 0.3) is 0 Å². The third-order valence-corrected chi connectivity index (χ3v) is 5.81. The Bertz CT molecular complexity index is 717. The summed E-state index contributed by atoms with van der Waals surface area (Å²) in [6.45, 7) is 1.87. The predicted molar refractivity (Wildman–Crippen MR) is 88.5 cm³/mol. The van der Waals surface area contributed by atoms with Gasteiger partial charge in [0.25, 0.3) is 0 Å². The zero-order chi connectivity index (χ0) is 15.9. The maximum atomic E-state index is 12.5. The van der Waals surface area contributed by atoms with E-state index in [4.69, 9.17) is 4.74 Å². The minimum atomic E-state index is -0.385. The molecule has 1 aliphatic heterocycles. The summed E-state index contributed by atoms with van der Waals surface area (Å²) < 4.78 is 5.91. The fourth-order valence-electron chi connectivity index (χ4n) is 3.13. The maximum absolute atomic E-state index is 12.5. The van der Waals surface area contributed by atoms with Crippen molar-refractivity contribution in [3.63, 3.8) is 0 Å². The number of methoxy groups -OCH3 is 1. The highest BCUT2D eigenvalue weighted by Gasteiger charge is 2.39. The lowest BCUT2D eigenvalue weighted by molar-refractivity contribution is -0.136. The van der Waals surface area contributed by atoms with E-state index in [0.29, 0.717) is 12.0 Å². The third kappa shape index (κ3) is 2.54. The van der Waals surface area contributed by atoms with Crippen LogP contribution in [0.3, 0.4) is 0 Å². The highest BCUT2D eigenvalue weighted by Crippen LogP contribution is 2.44. The molecule has 1 aliphatic carbocycles. The summed E-state index contributed by atoms with van der Waals surface area (Å²) in [4.78, 5) is 25.8. The van der Waals surface area contributed by atoms with Crippen molar-refractivity contribution in [1.82, 2.24) is 5.32 Å². The number of thiophene rings is 1. The molecule has 0 amide bonds. The molecule has 116 valence electrons. The summed E-state index contributed by atoms with van der Waals surface area (Å²) in [7, 11) is 1.37. The minimum Gasteiger partial charge on any atom is -0.466 e. The van der Waals surface area contributed by atoms with Crippen molar-refractivity contribution in [2.75, 3.05) is 7.11 Å². The zero-order valence-electron chi connectivity index (χ0n) is 12.4. The van der Waals surface area contributed by atoms with Gasteiger partial charge in [-0.3, -0.25) is 4.79 Å². The highest BCUT2D eigenvalue weighted by atomic mass is 79.9. The molecule has 0 spiro atoms. The van der Waals surface area contributed by atoms with Crippen LogP contribution in [0.2, 0.25) is 0 Å². The van der Waals surface area contributed by atoms with Gasteiger partial charge in [0.1, 0.15) is 0 Å². The van der Waals surface area contributed by atoms with E-state index in [9.17, 15) is 9.59 Å². The van der Waals surface area contributed by atoms with Gasteiger partial charge in [0.15, 0.2) is 5.78 Å². The molecule has 4 nitrogen and oxygen atoms in total. The van der Waals surface area contributed by atoms with Gasteiger partial charge in [-0.05, 0) is 41.8 Å². The topological polar surface area (TPSA) is 55.4 Å². The summed E-state index contributed by atoms with van der Waals surface area (Å²) in [5.74, 6) is -0.588. The molecule has 0 bridgehead atoms. The Morgan fingerprint density at radius 3 is 2.86 bits per heavy atom. The quantitative estimate of drug-likeness (QED) is 0.794. The Balaban J connectivity index is 2.18. The lowest BCUT2D eigenvalue weighted by Gasteiger charge is -2.33. The van der Waals surface area contributed by atoms with Crippen molar-refractivity contribution in [3.05, 3.63) is 43.3 Å². The molecule has 1 aromatic heterocycles. The summed E-state index contributed by atoms with van der Waals surface area (Å²) >= 11 is 5.00. The van der Waals surface area contributed by atoms with E-state index >= 15 is 0 Å². The fraction of sp³-hybridized carbons (Fsp3) is 0.375. The van der Waals surface area contributed by atoms with Crippen LogP contribution in [-0.2, 0) is 14.3 Å². The Morgan fingerprint density at radius 1 is 1.45 bits per heavy atom. The molecule has 0 aromatic carbocycles. The molecule has 6 heteroatoms. The van der Waals surface area contributed by atoms with Crippen LogP contribution in [0.4, 0.5) is 0 Å². The average Bonchev–Trinajstić information content (AvgIpc) is 2.91. The lowest BCUT2D eigenvalue weighted by Crippen LogP contribution is -2.33. The molecule has 3 rings (SSSR count). The minimum absolute atomic E-state index is 0.122. The second kappa shape index (κ2) is 6.01. The van der Waals surface area contributed by atoms with Crippen LogP contribution in [0.1, 0.15) is 37.0 Å². The van der Waals surface area contributed by atoms with Crippen LogP contribution in [0.5, 0.6) is 0 Å². The number of hydrogen-bond acceptors (Lipinski definition) is 5. The number of ketones is 1. The number of carbonyl (C=O) groups excluding carboxylic acids is 2. The van der Waals surface area contributed by atoms with Crippen LogP contribution in [0.15, 0.2) is 38.5 Å². The summed E-state index contributed by atoms with van der Waals surface area (Å²) in [5.41, 5.74) is 2.99. The number of ether oxygens (including phenoxy) is 1. The molecule has 1 atom stereocenters. The van der Waals surface area contributed by atoms with Crippen LogP contribution < -0.4 is 5.32 Å². The van der Waals surface area contributed by atoms with Crippen molar-refractivity contribution in [2.45, 2.75) is 32.1 Å². The van der Waals surface area contributed by atoms with Crippen molar-refractivity contribution < 1.29 is 14.3 Å². The second-order valence-electron chi connectivity index (χ2n) is 5.42. The van der Waals surface area contributed by atoms with Gasteiger partial charge < -0.3 is 10.1 Å². The number of halogens is 1. The largest absolute Gasteiger partial charge is 0.466 e. The number of esters is 1. The summed E-state index contributed by atoms with van der Waals surface area (Å²) in [6, 6.07) is 1.98. The van der Waals surface area contributed by atoms with Crippen LogP contribution >= 0.6 is 27.3 Å². The van der Waals surface area contributed by atoms with Gasteiger partial charge in [0, 0.05) is 38.1 Å². The molecule has 2 heterocycles. The number of carbonyl (C=O) groups is 2. The fourth-order valence-corrected chi connectivity index (χ4v) is 4.69. The SMILES string of the molecule is COC(=O)C1=C(C)NC2=C(C(=O)CCC2)C1c1cc(Br)cs1. The Morgan fingerprint density at radius 2 is 2.23 bits per heavy atom. The standard InChI is InChI=1S/C16H16BrNO3S/c1-8-13(16(20)21-2)15(12-6-9(17)7-22-12)14-10(18-8)4-3-5-11(14)19/h6-7,15,18H,3-5H2,1-2H3. The highest BCUT2D eigenvalue weighted by molar-refractivity contribution is 9.10.